The summed E-state index contributed by atoms with van der Waals surface area (Å²) in [7, 11) is 0. The number of rotatable bonds is 0. The summed E-state index contributed by atoms with van der Waals surface area (Å²) in [4.78, 5) is 15.7. The number of pyridine rings is 1. The van der Waals surface area contributed by atoms with Gasteiger partial charge in [0.25, 0.3) is 5.56 Å². The molecule has 0 aliphatic rings. The van der Waals surface area contributed by atoms with Crippen LogP contribution in [0, 0.1) is 0 Å². The second-order valence-corrected chi connectivity index (χ2v) is 6.52. The molecule has 0 fully saturated rings. The van der Waals surface area contributed by atoms with E-state index >= 15 is 0 Å². The Morgan fingerprint density at radius 3 is 2.45 bits per heavy atom. The standard InChI is InChI=1S/C19H11NOS/c21-19-18-16(13-7-3-4-8-15(13)22-18)14-10-9-11-5-1-2-6-12(11)17(14)20-19/h1-10H,(H,20,21). The minimum absolute atomic E-state index is 0.0000491. The van der Waals surface area contributed by atoms with E-state index in [1.165, 1.54) is 0 Å². The van der Waals surface area contributed by atoms with E-state index in [-0.39, 0.29) is 5.56 Å². The largest absolute Gasteiger partial charge is 0.320 e. The minimum atomic E-state index is 0.0000491. The van der Waals surface area contributed by atoms with Crippen LogP contribution in [-0.2, 0) is 0 Å². The molecule has 104 valence electrons. The van der Waals surface area contributed by atoms with Crippen molar-refractivity contribution >= 4 is 53.2 Å². The van der Waals surface area contributed by atoms with Crippen LogP contribution in [0.5, 0.6) is 0 Å². The SMILES string of the molecule is O=c1[nH]c2c3ccccc3ccc2c2c1sc1ccccc12. The van der Waals surface area contributed by atoms with Crippen molar-refractivity contribution in [2.45, 2.75) is 0 Å². The zero-order chi connectivity index (χ0) is 14.7. The molecule has 2 heterocycles. The molecule has 0 saturated carbocycles. The number of fused-ring (bicyclic) bond motifs is 7. The predicted molar refractivity (Wildman–Crippen MR) is 95.0 cm³/mol. The summed E-state index contributed by atoms with van der Waals surface area (Å²) in [5, 5.41) is 5.59. The summed E-state index contributed by atoms with van der Waals surface area (Å²) in [6.45, 7) is 0. The second-order valence-electron chi connectivity index (χ2n) is 5.47. The van der Waals surface area contributed by atoms with Gasteiger partial charge in [0, 0.05) is 26.2 Å². The quantitative estimate of drug-likeness (QED) is 0.399. The lowest BCUT2D eigenvalue weighted by atomic mass is 10.0. The summed E-state index contributed by atoms with van der Waals surface area (Å²) in [5.41, 5.74) is 0.930. The van der Waals surface area contributed by atoms with Gasteiger partial charge in [-0.1, -0.05) is 54.6 Å². The Morgan fingerprint density at radius 1 is 0.773 bits per heavy atom. The lowest BCUT2D eigenvalue weighted by molar-refractivity contribution is 1.37. The highest BCUT2D eigenvalue weighted by molar-refractivity contribution is 7.26. The van der Waals surface area contributed by atoms with E-state index in [9.17, 15) is 4.79 Å². The molecule has 22 heavy (non-hydrogen) atoms. The van der Waals surface area contributed by atoms with Gasteiger partial charge in [0.2, 0.25) is 0 Å². The van der Waals surface area contributed by atoms with Crippen molar-refractivity contribution < 1.29 is 0 Å². The molecule has 0 radical (unpaired) electrons. The number of H-pyrrole nitrogens is 1. The molecule has 0 unspecified atom stereocenters. The van der Waals surface area contributed by atoms with Gasteiger partial charge in [-0.15, -0.1) is 11.3 Å². The minimum Gasteiger partial charge on any atom is -0.320 e. The van der Waals surface area contributed by atoms with E-state index in [1.54, 1.807) is 11.3 Å². The second kappa shape index (κ2) is 4.18. The molecule has 0 saturated heterocycles. The van der Waals surface area contributed by atoms with Crippen LogP contribution in [-0.4, -0.2) is 4.98 Å². The lowest BCUT2D eigenvalue weighted by Crippen LogP contribution is -2.04. The van der Waals surface area contributed by atoms with Crippen molar-refractivity contribution in [3.63, 3.8) is 0 Å². The van der Waals surface area contributed by atoms with Gasteiger partial charge in [0.05, 0.1) is 5.52 Å². The van der Waals surface area contributed by atoms with Crippen LogP contribution >= 0.6 is 11.3 Å². The summed E-state index contributed by atoms with van der Waals surface area (Å²) in [5.74, 6) is 0. The van der Waals surface area contributed by atoms with E-state index in [2.05, 4.69) is 41.4 Å². The zero-order valence-corrected chi connectivity index (χ0v) is 12.4. The van der Waals surface area contributed by atoms with Gasteiger partial charge in [-0.25, -0.2) is 0 Å². The molecule has 0 aliphatic heterocycles. The highest BCUT2D eigenvalue weighted by Gasteiger charge is 2.13. The van der Waals surface area contributed by atoms with Gasteiger partial charge in [-0.2, -0.15) is 0 Å². The number of hydrogen-bond donors (Lipinski definition) is 1. The van der Waals surface area contributed by atoms with E-state index in [0.29, 0.717) is 0 Å². The van der Waals surface area contributed by atoms with Crippen LogP contribution in [0.25, 0.3) is 41.8 Å². The van der Waals surface area contributed by atoms with Crippen LogP contribution in [0.3, 0.4) is 0 Å². The molecule has 2 aromatic heterocycles. The number of thiophene rings is 1. The van der Waals surface area contributed by atoms with E-state index in [0.717, 1.165) is 41.8 Å². The summed E-state index contributed by atoms with van der Waals surface area (Å²) < 4.78 is 1.97. The topological polar surface area (TPSA) is 32.9 Å². The van der Waals surface area contributed by atoms with E-state index in [1.807, 2.05) is 24.3 Å². The Bertz CT molecular complexity index is 1250. The molecule has 5 rings (SSSR count). The highest BCUT2D eigenvalue weighted by Crippen LogP contribution is 2.37. The maximum atomic E-state index is 12.6. The summed E-state index contributed by atoms with van der Waals surface area (Å²) >= 11 is 1.56. The molecule has 0 atom stereocenters. The van der Waals surface area contributed by atoms with Crippen LogP contribution in [0.2, 0.25) is 0 Å². The average Bonchev–Trinajstić information content (AvgIpc) is 2.95. The smallest absolute Gasteiger partial charge is 0.266 e. The fourth-order valence-electron chi connectivity index (χ4n) is 3.26. The van der Waals surface area contributed by atoms with Crippen molar-refractivity contribution in [1.29, 1.82) is 0 Å². The molecule has 3 heteroatoms. The Balaban J connectivity index is 2.17. The molecular weight excluding hydrogens is 290 g/mol. The van der Waals surface area contributed by atoms with E-state index < -0.39 is 0 Å². The molecule has 5 aromatic rings. The predicted octanol–water partition coefficient (Wildman–Crippen LogP) is 5.05. The fourth-order valence-corrected chi connectivity index (χ4v) is 4.37. The molecule has 3 aromatic carbocycles. The van der Waals surface area contributed by atoms with Gasteiger partial charge in [-0.05, 0) is 11.5 Å². The Labute approximate surface area is 129 Å². The normalized spacial score (nSPS) is 11.8. The number of nitrogens with one attached hydrogen (secondary N) is 1. The van der Waals surface area contributed by atoms with Gasteiger partial charge in [-0.3, -0.25) is 4.79 Å². The maximum Gasteiger partial charge on any atom is 0.266 e. The first-order chi connectivity index (χ1) is 10.8. The number of benzene rings is 3. The molecular formula is C19H11NOS. The third-order valence-corrected chi connectivity index (χ3v) is 5.41. The van der Waals surface area contributed by atoms with Crippen LogP contribution < -0.4 is 5.56 Å². The van der Waals surface area contributed by atoms with Crippen molar-refractivity contribution in [3.8, 4) is 0 Å². The Kier molecular flexibility index (Phi) is 2.27. The molecule has 0 spiro atoms. The first-order valence-electron chi connectivity index (χ1n) is 7.18. The van der Waals surface area contributed by atoms with Crippen molar-refractivity contribution in [2.24, 2.45) is 0 Å². The third kappa shape index (κ3) is 1.46. The van der Waals surface area contributed by atoms with Gasteiger partial charge in [0.1, 0.15) is 4.70 Å². The van der Waals surface area contributed by atoms with Gasteiger partial charge < -0.3 is 4.98 Å². The monoisotopic (exact) mass is 301 g/mol. The Hall–Kier alpha value is -2.65. The molecule has 1 N–H and O–H groups in total. The lowest BCUT2D eigenvalue weighted by Gasteiger charge is -2.05. The molecule has 0 bridgehead atoms. The first kappa shape index (κ1) is 12.0. The van der Waals surface area contributed by atoms with Crippen LogP contribution in [0.15, 0.2) is 65.5 Å². The first-order valence-corrected chi connectivity index (χ1v) is 7.99. The van der Waals surface area contributed by atoms with Crippen molar-refractivity contribution in [2.75, 3.05) is 0 Å². The highest BCUT2D eigenvalue weighted by atomic mass is 32.1. The van der Waals surface area contributed by atoms with E-state index in [4.69, 9.17) is 0 Å². The van der Waals surface area contributed by atoms with Crippen LogP contribution in [0.4, 0.5) is 0 Å². The van der Waals surface area contributed by atoms with Crippen LogP contribution in [0.1, 0.15) is 0 Å². The van der Waals surface area contributed by atoms with Gasteiger partial charge in [0.15, 0.2) is 0 Å². The fraction of sp³-hybridized carbons (Fsp3) is 0. The molecule has 0 aliphatic carbocycles. The number of hydrogen-bond acceptors (Lipinski definition) is 2. The Morgan fingerprint density at radius 2 is 1.55 bits per heavy atom. The number of aromatic nitrogens is 1. The summed E-state index contributed by atoms with van der Waals surface area (Å²) in [6, 6.07) is 20.6. The summed E-state index contributed by atoms with van der Waals surface area (Å²) in [6.07, 6.45) is 0. The maximum absolute atomic E-state index is 12.6. The molecule has 2 nitrogen and oxygen atoms in total. The third-order valence-electron chi connectivity index (χ3n) is 4.24. The van der Waals surface area contributed by atoms with Crippen molar-refractivity contribution in [1.82, 2.24) is 4.98 Å². The average molecular weight is 301 g/mol. The zero-order valence-electron chi connectivity index (χ0n) is 11.6. The van der Waals surface area contributed by atoms with Gasteiger partial charge >= 0.3 is 0 Å². The van der Waals surface area contributed by atoms with Crippen molar-refractivity contribution in [3.05, 3.63) is 71.0 Å². The number of aromatic amines is 1. The molecule has 0 amide bonds.